The smallest absolute Gasteiger partial charge is 0.420 e. The number of halogens is 6. The van der Waals surface area contributed by atoms with Crippen LogP contribution in [0.25, 0.3) is 32.1 Å². The number of methoxy groups -OCH3 is 1. The van der Waals surface area contributed by atoms with Crippen molar-refractivity contribution in [3.05, 3.63) is 81.2 Å². The van der Waals surface area contributed by atoms with Gasteiger partial charge in [0.05, 0.1) is 29.3 Å². The summed E-state index contributed by atoms with van der Waals surface area (Å²) in [6.45, 7) is 3.79. The standard InChI is InChI=1S/C27H18F5N7O2S.C7H12FN.C5H6S/c1-40-26-37-20-17-21(41-8-7-39(25(17)38-26)10-11-3-2-6-36-23(11)34)18(27(30,31)32)16(19(20)29)12-4-5-14(28)22-15(12)13(9-33)24(35)42-22;8-6-4-7-2-1-3-9(7)5-6;1-5-2-3-6-4-5/h2-6H,7-8,10,35H2,1H3,(H2,34,36);6-7H,1-5H2;2-4H,1H3. The first-order chi connectivity index (χ1) is 27.3. The van der Waals surface area contributed by atoms with E-state index in [2.05, 4.69) is 43.6 Å². The van der Waals surface area contributed by atoms with Crippen LogP contribution in [0.5, 0.6) is 11.8 Å². The van der Waals surface area contributed by atoms with Crippen LogP contribution >= 0.6 is 22.7 Å². The summed E-state index contributed by atoms with van der Waals surface area (Å²) in [5.74, 6) is -2.82. The average Bonchev–Trinajstić information content (AvgIpc) is 3.96. The van der Waals surface area contributed by atoms with Crippen LogP contribution in [0.15, 0.2) is 47.3 Å². The monoisotopic (exact) mass is 826 g/mol. The van der Waals surface area contributed by atoms with Gasteiger partial charge >= 0.3 is 12.2 Å². The normalized spacial score (nSPS) is 17.6. The highest BCUT2D eigenvalue weighted by Gasteiger charge is 2.44. The SMILES string of the molecule is COc1nc2c3c(c(C(F)(F)F)c(-c4ccc(F)c5sc(N)c(C#N)c45)c(F)c3n1)OCCN2Cc1cccnc1N.Cc1ccsc1.FC1CC2CCCN2C1. The van der Waals surface area contributed by atoms with E-state index in [1.165, 1.54) is 31.7 Å². The van der Waals surface area contributed by atoms with Crippen LogP contribution in [-0.2, 0) is 12.7 Å². The first-order valence-corrected chi connectivity index (χ1v) is 19.6. The number of ether oxygens (including phenoxy) is 2. The molecule has 7 heterocycles. The molecule has 298 valence electrons. The van der Waals surface area contributed by atoms with E-state index in [4.69, 9.17) is 20.9 Å². The van der Waals surface area contributed by atoms with Gasteiger partial charge in [-0.05, 0) is 72.8 Å². The van der Waals surface area contributed by atoms with Crippen molar-refractivity contribution in [2.45, 2.75) is 51.1 Å². The lowest BCUT2D eigenvalue weighted by molar-refractivity contribution is -0.138. The molecule has 2 saturated heterocycles. The molecule has 2 unspecified atom stereocenters. The topological polar surface area (TPSA) is 139 Å². The summed E-state index contributed by atoms with van der Waals surface area (Å²) < 4.78 is 99.6. The first-order valence-electron chi connectivity index (χ1n) is 17.8. The number of nitrogens with zero attached hydrogens (tertiary/aromatic N) is 6. The third-order valence-electron chi connectivity index (χ3n) is 9.98. The van der Waals surface area contributed by atoms with Gasteiger partial charge in [-0.2, -0.15) is 39.7 Å². The van der Waals surface area contributed by atoms with Gasteiger partial charge in [-0.3, -0.25) is 4.90 Å². The van der Waals surface area contributed by atoms with E-state index in [0.717, 1.165) is 25.1 Å². The minimum absolute atomic E-state index is 0.0347. The number of anilines is 3. The number of fused-ring (bicyclic) bond motifs is 2. The Hall–Kier alpha value is -5.38. The van der Waals surface area contributed by atoms with E-state index in [9.17, 15) is 27.2 Å². The fraction of sp³-hybridized carbons (Fsp3) is 0.333. The molecule has 3 aliphatic heterocycles. The number of aryl methyl sites for hydroxylation is 1. The number of pyridine rings is 1. The zero-order valence-electron chi connectivity index (χ0n) is 30.7. The summed E-state index contributed by atoms with van der Waals surface area (Å²) in [5.41, 5.74) is 10.2. The lowest BCUT2D eigenvalue weighted by Gasteiger charge is -2.24. The van der Waals surface area contributed by atoms with Crippen LogP contribution in [0.3, 0.4) is 0 Å². The fourth-order valence-corrected chi connectivity index (χ4v) is 9.04. The van der Waals surface area contributed by atoms with Crippen molar-refractivity contribution in [2.75, 3.05) is 49.7 Å². The number of hydrogen-bond donors (Lipinski definition) is 2. The van der Waals surface area contributed by atoms with Gasteiger partial charge in [0.15, 0.2) is 5.82 Å². The molecule has 18 heteroatoms. The van der Waals surface area contributed by atoms with E-state index in [1.807, 2.05) is 0 Å². The van der Waals surface area contributed by atoms with Crippen LogP contribution in [0.4, 0.5) is 43.0 Å². The quantitative estimate of drug-likeness (QED) is 0.166. The van der Waals surface area contributed by atoms with Gasteiger partial charge in [0, 0.05) is 41.8 Å². The summed E-state index contributed by atoms with van der Waals surface area (Å²) in [7, 11) is 1.23. The van der Waals surface area contributed by atoms with Gasteiger partial charge in [0.1, 0.15) is 58.1 Å². The van der Waals surface area contributed by atoms with Gasteiger partial charge in [-0.15, -0.1) is 11.3 Å². The van der Waals surface area contributed by atoms with Crippen molar-refractivity contribution >= 4 is 60.3 Å². The summed E-state index contributed by atoms with van der Waals surface area (Å²) in [4.78, 5) is 16.3. The number of alkyl halides is 4. The number of rotatable bonds is 4. The Kier molecular flexibility index (Phi) is 11.3. The van der Waals surface area contributed by atoms with E-state index in [0.29, 0.717) is 29.5 Å². The van der Waals surface area contributed by atoms with Gasteiger partial charge in [0.25, 0.3) is 0 Å². The van der Waals surface area contributed by atoms with Crippen molar-refractivity contribution < 1.29 is 35.8 Å². The Bertz CT molecular complexity index is 2460. The highest BCUT2D eigenvalue weighted by atomic mass is 32.1. The molecule has 9 rings (SSSR count). The zero-order chi connectivity index (χ0) is 40.6. The van der Waals surface area contributed by atoms with Crippen molar-refractivity contribution in [3.8, 4) is 29.0 Å². The molecule has 57 heavy (non-hydrogen) atoms. The minimum atomic E-state index is -5.17. The Morgan fingerprint density at radius 3 is 2.56 bits per heavy atom. The molecular weight excluding hydrogens is 791 g/mol. The lowest BCUT2D eigenvalue weighted by Crippen LogP contribution is -2.28. The predicted molar refractivity (Wildman–Crippen MR) is 209 cm³/mol. The second-order valence-electron chi connectivity index (χ2n) is 13.6. The molecular formula is C39H36F6N8O2S2. The molecule has 0 saturated carbocycles. The van der Waals surface area contributed by atoms with Crippen LogP contribution in [0.1, 0.15) is 41.5 Å². The van der Waals surface area contributed by atoms with E-state index in [1.54, 1.807) is 34.4 Å². The average molecular weight is 827 g/mol. The molecule has 2 aromatic carbocycles. The molecule has 6 aromatic rings. The third kappa shape index (κ3) is 7.83. The number of nitrogen functional groups attached to an aromatic ring is 2. The van der Waals surface area contributed by atoms with E-state index < -0.39 is 51.9 Å². The van der Waals surface area contributed by atoms with Gasteiger partial charge < -0.3 is 25.8 Å². The molecule has 4 N–H and O–H groups in total. The Morgan fingerprint density at radius 1 is 1.11 bits per heavy atom. The highest BCUT2D eigenvalue weighted by molar-refractivity contribution is 7.23. The summed E-state index contributed by atoms with van der Waals surface area (Å²) in [6, 6.07) is 9.40. The Morgan fingerprint density at radius 2 is 1.91 bits per heavy atom. The summed E-state index contributed by atoms with van der Waals surface area (Å²) in [6.07, 6.45) is -0.869. The lowest BCUT2D eigenvalue weighted by atomic mass is 9.91. The number of thiophene rings is 2. The number of hydrogen-bond acceptors (Lipinski definition) is 12. The summed E-state index contributed by atoms with van der Waals surface area (Å²) >= 11 is 2.41. The molecule has 0 bridgehead atoms. The maximum absolute atomic E-state index is 16.6. The van der Waals surface area contributed by atoms with Crippen LogP contribution in [0, 0.1) is 29.9 Å². The van der Waals surface area contributed by atoms with Crippen molar-refractivity contribution in [1.29, 1.82) is 5.26 Å². The molecule has 10 nitrogen and oxygen atoms in total. The highest BCUT2D eigenvalue weighted by Crippen LogP contribution is 2.53. The number of aromatic nitrogens is 3. The molecule has 0 aliphatic carbocycles. The number of nitrogens with two attached hydrogens (primary N) is 2. The summed E-state index contributed by atoms with van der Waals surface area (Å²) in [5, 5.41) is 13.2. The van der Waals surface area contributed by atoms with Crippen LogP contribution in [0.2, 0.25) is 0 Å². The molecule has 3 aliphatic rings. The maximum Gasteiger partial charge on any atom is 0.420 e. The minimum Gasteiger partial charge on any atom is -0.490 e. The van der Waals surface area contributed by atoms with E-state index in [-0.39, 0.29) is 63.4 Å². The zero-order valence-corrected chi connectivity index (χ0v) is 32.3. The first kappa shape index (κ1) is 39.8. The second-order valence-corrected chi connectivity index (χ2v) is 15.5. The maximum atomic E-state index is 16.6. The third-order valence-corrected chi connectivity index (χ3v) is 11.8. The number of nitriles is 1. The molecule has 4 aromatic heterocycles. The molecule has 0 radical (unpaired) electrons. The van der Waals surface area contributed by atoms with Gasteiger partial charge in [-0.25, -0.2) is 18.2 Å². The second kappa shape index (κ2) is 16.2. The predicted octanol–water partition coefficient (Wildman–Crippen LogP) is 8.90. The Labute approximate surface area is 331 Å². The van der Waals surface area contributed by atoms with Crippen molar-refractivity contribution in [2.24, 2.45) is 0 Å². The van der Waals surface area contributed by atoms with Gasteiger partial charge in [-0.1, -0.05) is 12.1 Å². The fourth-order valence-electron chi connectivity index (χ4n) is 7.43. The van der Waals surface area contributed by atoms with Crippen molar-refractivity contribution in [1.82, 2.24) is 19.9 Å². The molecule has 0 amide bonds. The van der Waals surface area contributed by atoms with E-state index >= 15 is 4.39 Å². The van der Waals surface area contributed by atoms with Gasteiger partial charge in [0.2, 0.25) is 0 Å². The van der Waals surface area contributed by atoms with Crippen molar-refractivity contribution in [3.63, 3.8) is 0 Å². The number of benzene rings is 2. The molecule has 2 fully saturated rings. The molecule has 2 atom stereocenters. The molecule has 0 spiro atoms. The van der Waals surface area contributed by atoms with Crippen LogP contribution < -0.4 is 25.8 Å². The van der Waals surface area contributed by atoms with Crippen LogP contribution in [-0.4, -0.2) is 65.4 Å². The largest absolute Gasteiger partial charge is 0.490 e. The Balaban J connectivity index is 0.000000272.